The van der Waals surface area contributed by atoms with Gasteiger partial charge in [0, 0.05) is 43.6 Å². The van der Waals surface area contributed by atoms with Gasteiger partial charge in [-0.05, 0) is 76.7 Å². The second kappa shape index (κ2) is 8.77. The van der Waals surface area contributed by atoms with Crippen molar-refractivity contribution < 1.29 is 8.83 Å². The van der Waals surface area contributed by atoms with Gasteiger partial charge in [-0.25, -0.2) is 0 Å². The molecule has 11 rings (SSSR count). The maximum absolute atomic E-state index is 6.84. The molecule has 0 spiro atoms. The average molecular weight is 588 g/mol. The van der Waals surface area contributed by atoms with Crippen LogP contribution in [0.2, 0.25) is 0 Å². The first kappa shape index (κ1) is 24.3. The Labute approximate surface area is 263 Å². The van der Waals surface area contributed by atoms with E-state index in [9.17, 15) is 0 Å². The third-order valence-corrected chi connectivity index (χ3v) is 10.1. The highest BCUT2D eigenvalue weighted by Crippen LogP contribution is 2.46. The van der Waals surface area contributed by atoms with Gasteiger partial charge in [0.1, 0.15) is 11.2 Å². The lowest BCUT2D eigenvalue weighted by molar-refractivity contribution is 0.634. The second-order valence-electron chi connectivity index (χ2n) is 12.4. The molecule has 7 aromatic carbocycles. The summed E-state index contributed by atoms with van der Waals surface area (Å²) in [7, 11) is 0. The number of fused-ring (bicyclic) bond motifs is 13. The first-order chi connectivity index (χ1) is 22.8. The summed E-state index contributed by atoms with van der Waals surface area (Å²) in [6, 6.07) is 50.0. The van der Waals surface area contributed by atoms with Crippen molar-refractivity contribution in [3.05, 3.63) is 151 Å². The zero-order valence-corrected chi connectivity index (χ0v) is 24.7. The standard InChI is InChI=1S/C43H25NO2/c1-2-10-27-25(9-1)23-36-28(27)13-7-14-29(36)32-15-8-16-33-34-20-21-35-37-24-26(19-22-40(37)45-42(35)43(34)46-41(32)33)44-38-17-5-3-11-30(38)31-12-4-6-18-39(31)44/h1-22,24H,23H2. The molecule has 1 aliphatic carbocycles. The van der Waals surface area contributed by atoms with Crippen LogP contribution in [0.3, 0.4) is 0 Å². The number of furan rings is 2. The Balaban J connectivity index is 1.13. The van der Waals surface area contributed by atoms with Gasteiger partial charge < -0.3 is 13.4 Å². The third kappa shape index (κ3) is 3.11. The Hall–Kier alpha value is -6.06. The number of para-hydroxylation sites is 3. The van der Waals surface area contributed by atoms with Gasteiger partial charge in [0.15, 0.2) is 11.2 Å². The molecule has 0 atom stereocenters. The Morgan fingerprint density at radius 1 is 0.413 bits per heavy atom. The van der Waals surface area contributed by atoms with Gasteiger partial charge in [-0.15, -0.1) is 0 Å². The van der Waals surface area contributed by atoms with Gasteiger partial charge in [0.05, 0.1) is 11.0 Å². The van der Waals surface area contributed by atoms with E-state index in [0.29, 0.717) is 0 Å². The van der Waals surface area contributed by atoms with Crippen LogP contribution in [-0.2, 0) is 6.42 Å². The van der Waals surface area contributed by atoms with Crippen molar-refractivity contribution in [2.24, 2.45) is 0 Å². The summed E-state index contributed by atoms with van der Waals surface area (Å²) in [4.78, 5) is 0. The summed E-state index contributed by atoms with van der Waals surface area (Å²) in [5, 5.41) is 6.82. The lowest BCUT2D eigenvalue weighted by atomic mass is 9.94. The van der Waals surface area contributed by atoms with E-state index >= 15 is 0 Å². The van der Waals surface area contributed by atoms with Gasteiger partial charge in [0.2, 0.25) is 0 Å². The van der Waals surface area contributed by atoms with Crippen LogP contribution in [0.15, 0.2) is 148 Å². The molecule has 0 unspecified atom stereocenters. The maximum atomic E-state index is 6.84. The van der Waals surface area contributed by atoms with E-state index < -0.39 is 0 Å². The third-order valence-electron chi connectivity index (χ3n) is 10.1. The van der Waals surface area contributed by atoms with Gasteiger partial charge in [-0.3, -0.25) is 0 Å². The van der Waals surface area contributed by atoms with Crippen LogP contribution >= 0.6 is 0 Å². The number of nitrogens with zero attached hydrogens (tertiary/aromatic N) is 1. The zero-order valence-electron chi connectivity index (χ0n) is 24.7. The van der Waals surface area contributed by atoms with Crippen LogP contribution in [0, 0.1) is 0 Å². The lowest BCUT2D eigenvalue weighted by Gasteiger charge is -2.09. The first-order valence-corrected chi connectivity index (χ1v) is 15.8. The minimum atomic E-state index is 0.791. The highest BCUT2D eigenvalue weighted by molar-refractivity contribution is 6.20. The zero-order chi connectivity index (χ0) is 29.9. The fourth-order valence-corrected chi connectivity index (χ4v) is 8.04. The quantitative estimate of drug-likeness (QED) is 0.201. The lowest BCUT2D eigenvalue weighted by Crippen LogP contribution is -1.93. The van der Waals surface area contributed by atoms with Crippen LogP contribution in [-0.4, -0.2) is 4.57 Å². The molecule has 0 N–H and O–H groups in total. The highest BCUT2D eigenvalue weighted by atomic mass is 16.4. The van der Waals surface area contributed by atoms with Crippen LogP contribution in [0.5, 0.6) is 0 Å². The van der Waals surface area contributed by atoms with Crippen molar-refractivity contribution in [1.29, 1.82) is 0 Å². The van der Waals surface area contributed by atoms with Crippen molar-refractivity contribution in [3.8, 4) is 27.9 Å². The van der Waals surface area contributed by atoms with Crippen LogP contribution in [0.1, 0.15) is 11.1 Å². The van der Waals surface area contributed by atoms with Crippen molar-refractivity contribution in [1.82, 2.24) is 4.57 Å². The normalized spacial score (nSPS) is 12.7. The van der Waals surface area contributed by atoms with Crippen molar-refractivity contribution in [2.75, 3.05) is 0 Å². The minimum absolute atomic E-state index is 0.791. The van der Waals surface area contributed by atoms with Crippen molar-refractivity contribution in [3.63, 3.8) is 0 Å². The smallest absolute Gasteiger partial charge is 0.178 e. The van der Waals surface area contributed by atoms with Crippen LogP contribution in [0.4, 0.5) is 0 Å². The second-order valence-corrected chi connectivity index (χ2v) is 12.4. The van der Waals surface area contributed by atoms with Crippen LogP contribution in [0.25, 0.3) is 93.6 Å². The number of hydrogen-bond donors (Lipinski definition) is 0. The van der Waals surface area contributed by atoms with Crippen molar-refractivity contribution >= 4 is 65.7 Å². The molecule has 1 aliphatic rings. The predicted molar refractivity (Wildman–Crippen MR) is 189 cm³/mol. The largest absolute Gasteiger partial charge is 0.452 e. The molecule has 0 fully saturated rings. The molecular weight excluding hydrogens is 562 g/mol. The molecule has 3 heterocycles. The summed E-state index contributed by atoms with van der Waals surface area (Å²) in [6.07, 6.45) is 0.931. The molecule has 0 aliphatic heterocycles. The maximum Gasteiger partial charge on any atom is 0.178 e. The van der Waals surface area contributed by atoms with E-state index in [4.69, 9.17) is 8.83 Å². The summed E-state index contributed by atoms with van der Waals surface area (Å²) in [5.74, 6) is 0. The fraction of sp³-hybridized carbons (Fsp3) is 0.0233. The summed E-state index contributed by atoms with van der Waals surface area (Å²) in [5.41, 5.74) is 14.6. The van der Waals surface area contributed by atoms with E-state index in [0.717, 1.165) is 61.5 Å². The number of benzene rings is 7. The van der Waals surface area contributed by atoms with E-state index in [-0.39, 0.29) is 0 Å². The molecule has 3 heteroatoms. The molecule has 0 bridgehead atoms. The number of aromatic nitrogens is 1. The molecule has 3 nitrogen and oxygen atoms in total. The minimum Gasteiger partial charge on any atom is -0.452 e. The van der Waals surface area contributed by atoms with Gasteiger partial charge in [-0.1, -0.05) is 97.1 Å². The van der Waals surface area contributed by atoms with E-state index in [1.807, 2.05) is 0 Å². The Morgan fingerprint density at radius 3 is 1.83 bits per heavy atom. The topological polar surface area (TPSA) is 31.2 Å². The van der Waals surface area contributed by atoms with Gasteiger partial charge in [0.25, 0.3) is 0 Å². The molecule has 46 heavy (non-hydrogen) atoms. The van der Waals surface area contributed by atoms with Crippen molar-refractivity contribution in [2.45, 2.75) is 6.42 Å². The Kier molecular flexibility index (Phi) is 4.63. The Morgan fingerprint density at radius 2 is 1.00 bits per heavy atom. The Bertz CT molecular complexity index is 2840. The summed E-state index contributed by atoms with van der Waals surface area (Å²) in [6.45, 7) is 0. The molecular formula is C43H25NO2. The molecule has 0 amide bonds. The van der Waals surface area contributed by atoms with Gasteiger partial charge >= 0.3 is 0 Å². The van der Waals surface area contributed by atoms with E-state index in [1.165, 1.54) is 49.6 Å². The summed E-state index contributed by atoms with van der Waals surface area (Å²) >= 11 is 0. The SMILES string of the molecule is c1ccc2c(c1)Cc1c-2cccc1-c1cccc2c1oc1c2ccc2c3cc(-n4c5ccccc5c5ccccc54)ccc3oc21. The molecule has 0 saturated carbocycles. The molecule has 3 aromatic heterocycles. The fourth-order valence-electron chi connectivity index (χ4n) is 8.04. The predicted octanol–water partition coefficient (Wildman–Crippen LogP) is 11.8. The molecule has 10 aromatic rings. The summed E-state index contributed by atoms with van der Waals surface area (Å²) < 4.78 is 15.8. The van der Waals surface area contributed by atoms with Crippen LogP contribution < -0.4 is 0 Å². The molecule has 0 saturated heterocycles. The average Bonchev–Trinajstić information content (AvgIpc) is 3.86. The number of rotatable bonds is 2. The number of hydrogen-bond acceptors (Lipinski definition) is 2. The van der Waals surface area contributed by atoms with Gasteiger partial charge in [-0.2, -0.15) is 0 Å². The van der Waals surface area contributed by atoms with E-state index in [1.54, 1.807) is 0 Å². The molecule has 0 radical (unpaired) electrons. The molecule has 214 valence electrons. The van der Waals surface area contributed by atoms with E-state index in [2.05, 4.69) is 144 Å². The first-order valence-electron chi connectivity index (χ1n) is 15.8. The highest BCUT2D eigenvalue weighted by Gasteiger charge is 2.24. The monoisotopic (exact) mass is 587 g/mol.